The summed E-state index contributed by atoms with van der Waals surface area (Å²) in [5, 5.41) is 13.0. The molecule has 0 saturated carbocycles. The molecule has 3 rings (SSSR count). The number of hydrogen-bond donors (Lipinski definition) is 2. The number of para-hydroxylation sites is 1. The Labute approximate surface area is 141 Å². The number of halogens is 2. The zero-order valence-electron chi connectivity index (χ0n) is 13.3. The van der Waals surface area contributed by atoms with E-state index >= 15 is 0 Å². The molecule has 0 aliphatic rings. The van der Waals surface area contributed by atoms with Crippen LogP contribution in [0.25, 0.3) is 11.0 Å². The second-order valence-corrected chi connectivity index (χ2v) is 5.35. The number of carbonyl (C=O) groups is 1. The molecule has 0 saturated heterocycles. The first-order valence-electron chi connectivity index (χ1n) is 7.48. The number of aliphatic hydroxyl groups is 1. The van der Waals surface area contributed by atoms with E-state index in [4.69, 9.17) is 9.15 Å². The van der Waals surface area contributed by atoms with Gasteiger partial charge in [0.1, 0.15) is 17.7 Å². The molecule has 3 aromatic rings. The SMILES string of the molecule is COc1cccc2cc(C(=O)NCC(O)c3c(F)cccc3F)oc12. The third kappa shape index (κ3) is 3.32. The molecule has 0 aliphatic carbocycles. The molecule has 2 N–H and O–H groups in total. The summed E-state index contributed by atoms with van der Waals surface area (Å²) in [5.74, 6) is -1.90. The van der Waals surface area contributed by atoms with E-state index in [1.807, 2.05) is 0 Å². The number of benzene rings is 2. The molecule has 1 heterocycles. The van der Waals surface area contributed by atoms with Crippen molar-refractivity contribution >= 4 is 16.9 Å². The molecule has 0 aliphatic heterocycles. The van der Waals surface area contributed by atoms with Crippen LogP contribution in [-0.2, 0) is 0 Å². The molecule has 25 heavy (non-hydrogen) atoms. The summed E-state index contributed by atoms with van der Waals surface area (Å²) in [6.45, 7) is -0.370. The maximum atomic E-state index is 13.6. The molecule has 2 aromatic carbocycles. The summed E-state index contributed by atoms with van der Waals surface area (Å²) in [7, 11) is 1.48. The highest BCUT2D eigenvalue weighted by atomic mass is 19.1. The average molecular weight is 347 g/mol. The van der Waals surface area contributed by atoms with Crippen molar-refractivity contribution in [2.24, 2.45) is 0 Å². The fourth-order valence-corrected chi connectivity index (χ4v) is 2.52. The highest BCUT2D eigenvalue weighted by Gasteiger charge is 2.20. The number of aliphatic hydroxyl groups excluding tert-OH is 1. The fraction of sp³-hybridized carbons (Fsp3) is 0.167. The monoisotopic (exact) mass is 347 g/mol. The van der Waals surface area contributed by atoms with Crippen molar-refractivity contribution < 1.29 is 27.8 Å². The van der Waals surface area contributed by atoms with Gasteiger partial charge in [-0.25, -0.2) is 8.78 Å². The van der Waals surface area contributed by atoms with Crippen molar-refractivity contribution in [1.82, 2.24) is 5.32 Å². The normalized spacial score (nSPS) is 12.2. The van der Waals surface area contributed by atoms with Crippen LogP contribution in [0.2, 0.25) is 0 Å². The second kappa shape index (κ2) is 6.90. The molecule has 0 fully saturated rings. The van der Waals surface area contributed by atoms with Gasteiger partial charge in [-0.1, -0.05) is 18.2 Å². The van der Waals surface area contributed by atoms with E-state index in [1.165, 1.54) is 19.2 Å². The van der Waals surface area contributed by atoms with Crippen LogP contribution in [0.15, 0.2) is 46.9 Å². The van der Waals surface area contributed by atoms with E-state index in [-0.39, 0.29) is 12.3 Å². The molecule has 130 valence electrons. The van der Waals surface area contributed by atoms with Gasteiger partial charge in [0.15, 0.2) is 17.1 Å². The van der Waals surface area contributed by atoms with Gasteiger partial charge < -0.3 is 19.6 Å². The highest BCUT2D eigenvalue weighted by molar-refractivity contribution is 5.97. The Kier molecular flexibility index (Phi) is 4.67. The summed E-state index contributed by atoms with van der Waals surface area (Å²) >= 11 is 0. The van der Waals surface area contributed by atoms with Crippen LogP contribution in [0.3, 0.4) is 0 Å². The third-order valence-corrected chi connectivity index (χ3v) is 3.74. The minimum absolute atomic E-state index is 0.000653. The Bertz CT molecular complexity index is 902. The number of hydrogen-bond acceptors (Lipinski definition) is 4. The van der Waals surface area contributed by atoms with Gasteiger partial charge in [0, 0.05) is 11.9 Å². The van der Waals surface area contributed by atoms with E-state index < -0.39 is 29.2 Å². The summed E-state index contributed by atoms with van der Waals surface area (Å²) in [5.41, 5.74) is -0.0788. The standard InChI is InChI=1S/C18H15F2NO4/c1-24-14-7-2-4-10-8-15(25-17(10)14)18(23)21-9-13(22)16-11(19)5-3-6-12(16)20/h2-8,13,22H,9H2,1H3,(H,21,23). The van der Waals surface area contributed by atoms with Crippen LogP contribution in [0.5, 0.6) is 5.75 Å². The van der Waals surface area contributed by atoms with Crippen LogP contribution in [0.4, 0.5) is 8.78 Å². The van der Waals surface area contributed by atoms with Crippen molar-refractivity contribution in [2.75, 3.05) is 13.7 Å². The molecular weight excluding hydrogens is 332 g/mol. The van der Waals surface area contributed by atoms with Gasteiger partial charge in [-0.15, -0.1) is 0 Å². The molecule has 0 spiro atoms. The topological polar surface area (TPSA) is 71.7 Å². The molecule has 1 aromatic heterocycles. The fourth-order valence-electron chi connectivity index (χ4n) is 2.52. The molecule has 1 amide bonds. The maximum Gasteiger partial charge on any atom is 0.287 e. The van der Waals surface area contributed by atoms with Crippen LogP contribution in [-0.4, -0.2) is 24.7 Å². The first-order chi connectivity index (χ1) is 12.0. The lowest BCUT2D eigenvalue weighted by molar-refractivity contribution is 0.0886. The maximum absolute atomic E-state index is 13.6. The van der Waals surface area contributed by atoms with E-state index in [9.17, 15) is 18.7 Å². The van der Waals surface area contributed by atoms with E-state index in [1.54, 1.807) is 18.2 Å². The number of methoxy groups -OCH3 is 1. The number of ether oxygens (including phenoxy) is 1. The lowest BCUT2D eigenvalue weighted by atomic mass is 10.1. The van der Waals surface area contributed by atoms with Crippen molar-refractivity contribution in [3.05, 3.63) is 65.4 Å². The first-order valence-corrected chi connectivity index (χ1v) is 7.48. The van der Waals surface area contributed by atoms with Crippen LogP contribution in [0, 0.1) is 11.6 Å². The van der Waals surface area contributed by atoms with Crippen LogP contribution < -0.4 is 10.1 Å². The Balaban J connectivity index is 1.75. The summed E-state index contributed by atoms with van der Waals surface area (Å²) in [4.78, 5) is 12.2. The summed E-state index contributed by atoms with van der Waals surface area (Å²) < 4.78 is 37.9. The van der Waals surface area contributed by atoms with E-state index in [0.717, 1.165) is 12.1 Å². The van der Waals surface area contributed by atoms with Crippen molar-refractivity contribution in [3.63, 3.8) is 0 Å². The second-order valence-electron chi connectivity index (χ2n) is 5.35. The van der Waals surface area contributed by atoms with Crippen molar-refractivity contribution in [1.29, 1.82) is 0 Å². The zero-order chi connectivity index (χ0) is 18.0. The lowest BCUT2D eigenvalue weighted by Gasteiger charge is -2.13. The Morgan fingerprint density at radius 2 is 1.92 bits per heavy atom. The van der Waals surface area contributed by atoms with Crippen LogP contribution in [0.1, 0.15) is 22.2 Å². The number of amides is 1. The molecule has 0 radical (unpaired) electrons. The minimum atomic E-state index is -1.52. The quantitative estimate of drug-likeness (QED) is 0.744. The molecular formula is C18H15F2NO4. The predicted octanol–water partition coefficient (Wildman–Crippen LogP) is 3.18. The summed E-state index contributed by atoms with van der Waals surface area (Å²) in [6.07, 6.45) is -1.52. The van der Waals surface area contributed by atoms with Gasteiger partial charge in [0.05, 0.1) is 12.7 Å². The molecule has 7 heteroatoms. The molecule has 1 atom stereocenters. The zero-order valence-corrected chi connectivity index (χ0v) is 13.3. The number of carbonyl (C=O) groups excluding carboxylic acids is 1. The van der Waals surface area contributed by atoms with E-state index in [0.29, 0.717) is 16.7 Å². The van der Waals surface area contributed by atoms with Crippen molar-refractivity contribution in [3.8, 4) is 5.75 Å². The smallest absolute Gasteiger partial charge is 0.287 e. The summed E-state index contributed by atoms with van der Waals surface area (Å²) in [6, 6.07) is 9.98. The van der Waals surface area contributed by atoms with Gasteiger partial charge in [-0.05, 0) is 24.3 Å². The first kappa shape index (κ1) is 16.9. The van der Waals surface area contributed by atoms with Crippen LogP contribution >= 0.6 is 0 Å². The lowest BCUT2D eigenvalue weighted by Crippen LogP contribution is -2.28. The Hall–Kier alpha value is -2.93. The van der Waals surface area contributed by atoms with Gasteiger partial charge >= 0.3 is 0 Å². The number of furan rings is 1. The number of fused-ring (bicyclic) bond motifs is 1. The van der Waals surface area contributed by atoms with Gasteiger partial charge in [-0.3, -0.25) is 4.79 Å². The predicted molar refractivity (Wildman–Crippen MR) is 86.4 cm³/mol. The average Bonchev–Trinajstić information content (AvgIpc) is 3.03. The number of rotatable bonds is 5. The Morgan fingerprint density at radius 3 is 2.60 bits per heavy atom. The minimum Gasteiger partial charge on any atom is -0.493 e. The van der Waals surface area contributed by atoms with E-state index in [2.05, 4.69) is 5.32 Å². The van der Waals surface area contributed by atoms with Gasteiger partial charge in [0.2, 0.25) is 0 Å². The largest absolute Gasteiger partial charge is 0.493 e. The third-order valence-electron chi connectivity index (χ3n) is 3.74. The number of nitrogens with one attached hydrogen (secondary N) is 1. The Morgan fingerprint density at radius 1 is 1.24 bits per heavy atom. The van der Waals surface area contributed by atoms with Crippen molar-refractivity contribution in [2.45, 2.75) is 6.10 Å². The van der Waals surface area contributed by atoms with Gasteiger partial charge in [0.25, 0.3) is 5.91 Å². The highest BCUT2D eigenvalue weighted by Crippen LogP contribution is 2.28. The molecule has 0 bridgehead atoms. The molecule has 5 nitrogen and oxygen atoms in total. The van der Waals surface area contributed by atoms with Gasteiger partial charge in [-0.2, -0.15) is 0 Å². The molecule has 1 unspecified atom stereocenters.